The number of esters is 1. The van der Waals surface area contributed by atoms with Crippen LogP contribution in [-0.4, -0.2) is 33.7 Å². The summed E-state index contributed by atoms with van der Waals surface area (Å²) in [4.78, 5) is 25.3. The van der Waals surface area contributed by atoms with E-state index in [1.54, 1.807) is 13.8 Å². The zero-order valence-electron chi connectivity index (χ0n) is 19.0. The van der Waals surface area contributed by atoms with Gasteiger partial charge in [-0.2, -0.15) is 0 Å². The van der Waals surface area contributed by atoms with Gasteiger partial charge in [0.05, 0.1) is 5.60 Å². The monoisotopic (exact) mass is 406 g/mol. The average molecular weight is 407 g/mol. The molecule has 1 aliphatic rings. The molecule has 0 unspecified atom stereocenters. The normalized spacial score (nSPS) is 25.0. The van der Waals surface area contributed by atoms with Crippen LogP contribution < -0.4 is 0 Å². The van der Waals surface area contributed by atoms with Crippen molar-refractivity contribution in [1.82, 2.24) is 0 Å². The van der Waals surface area contributed by atoms with E-state index in [1.807, 2.05) is 46.8 Å². The molecule has 0 aromatic carbocycles. The van der Waals surface area contributed by atoms with Gasteiger partial charge in [0.15, 0.2) is 5.78 Å². The second-order valence-corrected chi connectivity index (χ2v) is 9.08. The van der Waals surface area contributed by atoms with Gasteiger partial charge in [-0.3, -0.25) is 9.59 Å². The number of hydrogen-bond donors (Lipinski definition) is 2. The lowest BCUT2D eigenvalue weighted by Crippen LogP contribution is -2.39. The summed E-state index contributed by atoms with van der Waals surface area (Å²) in [5, 5.41) is 21.8. The third-order valence-corrected chi connectivity index (χ3v) is 5.80. The molecule has 2 N–H and O–H groups in total. The van der Waals surface area contributed by atoms with E-state index >= 15 is 0 Å². The third kappa shape index (κ3) is 6.56. The third-order valence-electron chi connectivity index (χ3n) is 5.80. The standard InChI is InChI=1S/C24H38O5/c1-8-18(6)19(25)14-20(26)24(13-11-17(4)5)15-21(29-22(24)27)23(7,28)12-9-10-16(2)3/h10-11,14,18,21,26,28H,8-9,12-13,15H2,1-7H3/t18-,21+,23-,24-/m1/s1. The summed E-state index contributed by atoms with van der Waals surface area (Å²) in [6.07, 6.45) is 6.43. The lowest BCUT2D eigenvalue weighted by molar-refractivity contribution is -0.156. The van der Waals surface area contributed by atoms with Crippen molar-refractivity contribution in [2.45, 2.75) is 92.3 Å². The highest BCUT2D eigenvalue weighted by Crippen LogP contribution is 2.46. The second kappa shape index (κ2) is 10.2. The predicted octanol–water partition coefficient (Wildman–Crippen LogP) is 5.20. The Labute approximate surface area is 175 Å². The maximum absolute atomic E-state index is 12.9. The summed E-state index contributed by atoms with van der Waals surface area (Å²) in [5.41, 5.74) is -0.413. The maximum Gasteiger partial charge on any atom is 0.320 e. The van der Waals surface area contributed by atoms with Crippen molar-refractivity contribution in [1.29, 1.82) is 0 Å². The Morgan fingerprint density at radius 3 is 2.38 bits per heavy atom. The number of allylic oxidation sites excluding steroid dienone is 5. The van der Waals surface area contributed by atoms with Crippen LogP contribution in [0.5, 0.6) is 0 Å². The van der Waals surface area contributed by atoms with Gasteiger partial charge in [-0.15, -0.1) is 0 Å². The van der Waals surface area contributed by atoms with Crippen molar-refractivity contribution in [2.24, 2.45) is 11.3 Å². The molecule has 164 valence electrons. The van der Waals surface area contributed by atoms with Crippen LogP contribution in [0.15, 0.2) is 35.1 Å². The van der Waals surface area contributed by atoms with Crippen molar-refractivity contribution in [3.05, 3.63) is 35.1 Å². The van der Waals surface area contributed by atoms with Crippen LogP contribution in [0.3, 0.4) is 0 Å². The second-order valence-electron chi connectivity index (χ2n) is 9.08. The highest BCUT2D eigenvalue weighted by molar-refractivity contribution is 5.93. The van der Waals surface area contributed by atoms with Gasteiger partial charge >= 0.3 is 5.97 Å². The topological polar surface area (TPSA) is 83.8 Å². The van der Waals surface area contributed by atoms with Gasteiger partial charge < -0.3 is 14.9 Å². The summed E-state index contributed by atoms with van der Waals surface area (Å²) in [5.74, 6) is -1.31. The number of rotatable bonds is 10. The van der Waals surface area contributed by atoms with Gasteiger partial charge in [0.25, 0.3) is 0 Å². The minimum atomic E-state index is -1.34. The minimum Gasteiger partial charge on any atom is -0.511 e. The van der Waals surface area contributed by atoms with Gasteiger partial charge in [-0.05, 0) is 60.3 Å². The molecule has 5 nitrogen and oxygen atoms in total. The van der Waals surface area contributed by atoms with E-state index in [1.165, 1.54) is 6.08 Å². The first-order valence-corrected chi connectivity index (χ1v) is 10.5. The highest BCUT2D eigenvalue weighted by Gasteiger charge is 2.56. The molecule has 0 aliphatic carbocycles. The van der Waals surface area contributed by atoms with E-state index in [-0.39, 0.29) is 30.3 Å². The maximum atomic E-state index is 12.9. The predicted molar refractivity (Wildman–Crippen MR) is 115 cm³/mol. The molecule has 29 heavy (non-hydrogen) atoms. The van der Waals surface area contributed by atoms with Crippen molar-refractivity contribution in [2.75, 3.05) is 0 Å². The van der Waals surface area contributed by atoms with E-state index < -0.39 is 23.1 Å². The van der Waals surface area contributed by atoms with Crippen LogP contribution in [0.1, 0.15) is 80.6 Å². The van der Waals surface area contributed by atoms with Gasteiger partial charge in [0, 0.05) is 18.4 Å². The quantitative estimate of drug-likeness (QED) is 0.225. The Bertz CT molecular complexity index is 690. The highest BCUT2D eigenvalue weighted by atomic mass is 16.6. The number of aliphatic hydroxyl groups is 2. The number of ketones is 1. The molecule has 0 amide bonds. The zero-order chi connectivity index (χ0) is 22.4. The largest absolute Gasteiger partial charge is 0.511 e. The van der Waals surface area contributed by atoms with Gasteiger partial charge in [-0.1, -0.05) is 37.1 Å². The lowest BCUT2D eigenvalue weighted by atomic mass is 9.75. The van der Waals surface area contributed by atoms with Crippen molar-refractivity contribution in [3.63, 3.8) is 0 Å². The van der Waals surface area contributed by atoms with Crippen molar-refractivity contribution in [3.8, 4) is 0 Å². The Morgan fingerprint density at radius 1 is 1.28 bits per heavy atom. The molecule has 1 rings (SSSR count). The molecular weight excluding hydrogens is 368 g/mol. The molecule has 1 aliphatic heterocycles. The van der Waals surface area contributed by atoms with E-state index in [0.29, 0.717) is 19.3 Å². The van der Waals surface area contributed by atoms with Crippen LogP contribution in [0, 0.1) is 11.3 Å². The summed E-state index contributed by atoms with van der Waals surface area (Å²) < 4.78 is 5.57. The summed E-state index contributed by atoms with van der Waals surface area (Å²) in [6.45, 7) is 13.1. The minimum absolute atomic E-state index is 0.132. The molecule has 1 fully saturated rings. The molecule has 4 atom stereocenters. The van der Waals surface area contributed by atoms with Crippen molar-refractivity contribution < 1.29 is 24.5 Å². The fourth-order valence-corrected chi connectivity index (χ4v) is 3.32. The first-order chi connectivity index (χ1) is 13.4. The zero-order valence-corrected chi connectivity index (χ0v) is 19.0. The summed E-state index contributed by atoms with van der Waals surface area (Å²) in [6, 6.07) is 0. The first kappa shape index (κ1) is 25.2. The molecule has 1 heterocycles. The Kier molecular flexibility index (Phi) is 8.88. The summed E-state index contributed by atoms with van der Waals surface area (Å²) in [7, 11) is 0. The van der Waals surface area contributed by atoms with Crippen LogP contribution in [0.4, 0.5) is 0 Å². The number of hydrogen-bond acceptors (Lipinski definition) is 5. The van der Waals surface area contributed by atoms with Gasteiger partial charge in [-0.25, -0.2) is 0 Å². The Morgan fingerprint density at radius 2 is 1.86 bits per heavy atom. The fraction of sp³-hybridized carbons (Fsp3) is 0.667. The number of ether oxygens (including phenoxy) is 1. The molecule has 0 radical (unpaired) electrons. The van der Waals surface area contributed by atoms with E-state index in [0.717, 1.165) is 11.1 Å². The Hall–Kier alpha value is -1.88. The SMILES string of the molecule is CC[C@@H](C)C(=O)C=C(O)[C@@]1(CC=C(C)C)C[C@@H]([C@](C)(O)CCC=C(C)C)OC1=O. The number of carbonyl (C=O) groups is 2. The number of carbonyl (C=O) groups excluding carboxylic acids is 2. The van der Waals surface area contributed by atoms with Crippen LogP contribution >= 0.6 is 0 Å². The van der Waals surface area contributed by atoms with Gasteiger partial charge in [0.1, 0.15) is 17.3 Å². The smallest absolute Gasteiger partial charge is 0.320 e. The molecule has 0 aromatic rings. The molecule has 0 bridgehead atoms. The van der Waals surface area contributed by atoms with E-state index in [9.17, 15) is 19.8 Å². The average Bonchev–Trinajstić information content (AvgIpc) is 2.97. The molecule has 0 aromatic heterocycles. The Balaban J connectivity index is 3.22. The van der Waals surface area contributed by atoms with Crippen molar-refractivity contribution >= 4 is 11.8 Å². The number of aliphatic hydroxyl groups excluding tert-OH is 1. The van der Waals surface area contributed by atoms with Gasteiger partial charge in [0.2, 0.25) is 0 Å². The van der Waals surface area contributed by atoms with Crippen LogP contribution in [0.25, 0.3) is 0 Å². The molecule has 5 heteroatoms. The molecule has 1 saturated heterocycles. The van der Waals surface area contributed by atoms with E-state index in [2.05, 4.69) is 0 Å². The number of cyclic esters (lactones) is 1. The molecule has 0 spiro atoms. The first-order valence-electron chi connectivity index (χ1n) is 10.5. The van der Waals surface area contributed by atoms with Crippen LogP contribution in [-0.2, 0) is 14.3 Å². The summed E-state index contributed by atoms with van der Waals surface area (Å²) >= 11 is 0. The fourth-order valence-electron chi connectivity index (χ4n) is 3.32. The van der Waals surface area contributed by atoms with Crippen LogP contribution in [0.2, 0.25) is 0 Å². The molecular formula is C24H38O5. The molecule has 0 saturated carbocycles. The lowest BCUT2D eigenvalue weighted by Gasteiger charge is -2.29. The van der Waals surface area contributed by atoms with E-state index in [4.69, 9.17) is 4.74 Å².